The SMILES string of the molecule is CC(C)CONC(C)c1cccc(Cl)c1. The highest BCUT2D eigenvalue weighted by Crippen LogP contribution is 2.17. The van der Waals surface area contributed by atoms with E-state index in [1.807, 2.05) is 31.2 Å². The van der Waals surface area contributed by atoms with Crippen molar-refractivity contribution in [1.82, 2.24) is 5.48 Å². The lowest BCUT2D eigenvalue weighted by atomic mass is 10.1. The van der Waals surface area contributed by atoms with Crippen LogP contribution in [0.3, 0.4) is 0 Å². The van der Waals surface area contributed by atoms with Crippen molar-refractivity contribution in [2.75, 3.05) is 6.61 Å². The van der Waals surface area contributed by atoms with Gasteiger partial charge in [0.2, 0.25) is 0 Å². The predicted octanol–water partition coefficient (Wildman–Crippen LogP) is 3.58. The van der Waals surface area contributed by atoms with Gasteiger partial charge < -0.3 is 4.84 Å². The lowest BCUT2D eigenvalue weighted by Crippen LogP contribution is -2.21. The number of halogens is 1. The van der Waals surface area contributed by atoms with E-state index < -0.39 is 0 Å². The van der Waals surface area contributed by atoms with Crippen LogP contribution in [-0.4, -0.2) is 6.61 Å². The fourth-order valence-electron chi connectivity index (χ4n) is 1.18. The van der Waals surface area contributed by atoms with E-state index >= 15 is 0 Å². The van der Waals surface area contributed by atoms with Crippen LogP contribution in [0.2, 0.25) is 5.02 Å². The molecule has 0 spiro atoms. The first kappa shape index (κ1) is 12.5. The average Bonchev–Trinajstić information content (AvgIpc) is 2.17. The van der Waals surface area contributed by atoms with Crippen molar-refractivity contribution in [2.24, 2.45) is 5.92 Å². The Labute approximate surface area is 96.5 Å². The van der Waals surface area contributed by atoms with Gasteiger partial charge in [-0.25, -0.2) is 0 Å². The fraction of sp³-hybridized carbons (Fsp3) is 0.500. The van der Waals surface area contributed by atoms with E-state index in [-0.39, 0.29) is 6.04 Å². The van der Waals surface area contributed by atoms with E-state index in [4.69, 9.17) is 16.4 Å². The number of benzene rings is 1. The summed E-state index contributed by atoms with van der Waals surface area (Å²) in [5, 5.41) is 0.755. The summed E-state index contributed by atoms with van der Waals surface area (Å²) in [6.45, 7) is 6.99. The van der Waals surface area contributed by atoms with E-state index in [0.717, 1.165) is 10.6 Å². The number of hydrogen-bond donors (Lipinski definition) is 1. The average molecular weight is 228 g/mol. The van der Waals surface area contributed by atoms with Crippen molar-refractivity contribution in [3.05, 3.63) is 34.9 Å². The molecular weight excluding hydrogens is 210 g/mol. The molecule has 84 valence electrons. The first-order valence-electron chi connectivity index (χ1n) is 5.22. The van der Waals surface area contributed by atoms with Gasteiger partial charge >= 0.3 is 0 Å². The van der Waals surface area contributed by atoms with Gasteiger partial charge in [0, 0.05) is 5.02 Å². The summed E-state index contributed by atoms with van der Waals surface area (Å²) < 4.78 is 0. The van der Waals surface area contributed by atoms with E-state index in [1.165, 1.54) is 0 Å². The standard InChI is InChI=1S/C12H18ClNO/c1-9(2)8-15-14-10(3)11-5-4-6-12(13)7-11/h4-7,9-10,14H,8H2,1-3H3. The topological polar surface area (TPSA) is 21.3 Å². The minimum atomic E-state index is 0.155. The summed E-state index contributed by atoms with van der Waals surface area (Å²) >= 11 is 5.90. The molecule has 0 saturated heterocycles. The summed E-state index contributed by atoms with van der Waals surface area (Å²) in [6, 6.07) is 7.94. The first-order chi connectivity index (χ1) is 7.09. The van der Waals surface area contributed by atoms with Crippen molar-refractivity contribution in [3.8, 4) is 0 Å². The molecule has 0 bridgehead atoms. The molecule has 1 aromatic rings. The smallest absolute Gasteiger partial charge is 0.0705 e. The van der Waals surface area contributed by atoms with E-state index in [2.05, 4.69) is 19.3 Å². The first-order valence-corrected chi connectivity index (χ1v) is 5.60. The third-order valence-electron chi connectivity index (χ3n) is 2.03. The van der Waals surface area contributed by atoms with Gasteiger partial charge in [-0.05, 0) is 30.5 Å². The van der Waals surface area contributed by atoms with Gasteiger partial charge in [0.15, 0.2) is 0 Å². The Morgan fingerprint density at radius 2 is 2.07 bits per heavy atom. The third kappa shape index (κ3) is 4.65. The van der Waals surface area contributed by atoms with Gasteiger partial charge in [0.05, 0.1) is 12.6 Å². The van der Waals surface area contributed by atoms with Crippen LogP contribution in [0.5, 0.6) is 0 Å². The van der Waals surface area contributed by atoms with Crippen molar-refractivity contribution < 1.29 is 4.84 Å². The van der Waals surface area contributed by atoms with Crippen LogP contribution in [0.25, 0.3) is 0 Å². The quantitative estimate of drug-likeness (QED) is 0.777. The van der Waals surface area contributed by atoms with Gasteiger partial charge in [0.1, 0.15) is 0 Å². The molecule has 0 saturated carbocycles. The minimum absolute atomic E-state index is 0.155. The second-order valence-electron chi connectivity index (χ2n) is 4.10. The van der Waals surface area contributed by atoms with Crippen LogP contribution < -0.4 is 5.48 Å². The maximum absolute atomic E-state index is 5.90. The molecule has 1 atom stereocenters. The van der Waals surface area contributed by atoms with Crippen molar-refractivity contribution in [2.45, 2.75) is 26.8 Å². The molecule has 15 heavy (non-hydrogen) atoms. The zero-order valence-corrected chi connectivity index (χ0v) is 10.2. The van der Waals surface area contributed by atoms with Crippen molar-refractivity contribution >= 4 is 11.6 Å². The Morgan fingerprint density at radius 1 is 1.33 bits per heavy atom. The highest BCUT2D eigenvalue weighted by atomic mass is 35.5. The van der Waals surface area contributed by atoms with Gasteiger partial charge in [0.25, 0.3) is 0 Å². The summed E-state index contributed by atoms with van der Waals surface area (Å²) in [5.74, 6) is 0.532. The second kappa shape index (κ2) is 6.11. The maximum Gasteiger partial charge on any atom is 0.0705 e. The molecule has 0 fully saturated rings. The molecule has 1 N–H and O–H groups in total. The van der Waals surface area contributed by atoms with Gasteiger partial charge in [-0.15, -0.1) is 0 Å². The van der Waals surface area contributed by atoms with Crippen LogP contribution in [0.4, 0.5) is 0 Å². The van der Waals surface area contributed by atoms with E-state index in [0.29, 0.717) is 12.5 Å². The molecule has 0 amide bonds. The molecule has 2 nitrogen and oxygen atoms in total. The largest absolute Gasteiger partial charge is 0.301 e. The molecule has 1 unspecified atom stereocenters. The highest BCUT2D eigenvalue weighted by Gasteiger charge is 2.05. The van der Waals surface area contributed by atoms with Crippen molar-refractivity contribution in [1.29, 1.82) is 0 Å². The molecule has 0 aliphatic rings. The Kier molecular flexibility index (Phi) is 5.09. The summed E-state index contributed by atoms with van der Waals surface area (Å²) in [7, 11) is 0. The Balaban J connectivity index is 2.43. The number of hydrogen-bond acceptors (Lipinski definition) is 2. The molecule has 0 aliphatic heterocycles. The van der Waals surface area contributed by atoms with Gasteiger partial charge in [-0.1, -0.05) is 37.6 Å². The zero-order valence-electron chi connectivity index (χ0n) is 9.46. The van der Waals surface area contributed by atoms with Crippen LogP contribution in [0.15, 0.2) is 24.3 Å². The summed E-state index contributed by atoms with van der Waals surface area (Å²) in [6.07, 6.45) is 0. The van der Waals surface area contributed by atoms with E-state index in [9.17, 15) is 0 Å². The molecule has 0 heterocycles. The Hall–Kier alpha value is -0.570. The van der Waals surface area contributed by atoms with Crippen LogP contribution in [-0.2, 0) is 4.84 Å². The molecular formula is C12H18ClNO. The number of hydroxylamine groups is 1. The van der Waals surface area contributed by atoms with Crippen LogP contribution in [0.1, 0.15) is 32.4 Å². The van der Waals surface area contributed by atoms with Gasteiger partial charge in [-0.2, -0.15) is 5.48 Å². The Morgan fingerprint density at radius 3 is 2.67 bits per heavy atom. The predicted molar refractivity (Wildman–Crippen MR) is 63.8 cm³/mol. The monoisotopic (exact) mass is 227 g/mol. The summed E-state index contributed by atoms with van der Waals surface area (Å²) in [5.41, 5.74) is 4.13. The van der Waals surface area contributed by atoms with Crippen molar-refractivity contribution in [3.63, 3.8) is 0 Å². The number of nitrogens with one attached hydrogen (secondary N) is 1. The second-order valence-corrected chi connectivity index (χ2v) is 4.54. The molecule has 0 radical (unpaired) electrons. The Bertz CT molecular complexity index is 301. The number of rotatable bonds is 5. The molecule has 0 aromatic heterocycles. The zero-order chi connectivity index (χ0) is 11.3. The minimum Gasteiger partial charge on any atom is -0.301 e. The summed E-state index contributed by atoms with van der Waals surface area (Å²) in [4.78, 5) is 5.36. The highest BCUT2D eigenvalue weighted by molar-refractivity contribution is 6.30. The van der Waals surface area contributed by atoms with Crippen LogP contribution >= 0.6 is 11.6 Å². The molecule has 0 aliphatic carbocycles. The van der Waals surface area contributed by atoms with Gasteiger partial charge in [-0.3, -0.25) is 0 Å². The lowest BCUT2D eigenvalue weighted by Gasteiger charge is -2.15. The third-order valence-corrected chi connectivity index (χ3v) is 2.26. The van der Waals surface area contributed by atoms with E-state index in [1.54, 1.807) is 0 Å². The normalized spacial score (nSPS) is 13.1. The molecule has 1 aromatic carbocycles. The van der Waals surface area contributed by atoms with Crippen LogP contribution in [0, 0.1) is 5.92 Å². The fourth-order valence-corrected chi connectivity index (χ4v) is 1.38. The molecule has 3 heteroatoms. The molecule has 1 rings (SSSR count). The maximum atomic E-state index is 5.90. The lowest BCUT2D eigenvalue weighted by molar-refractivity contribution is 0.00409.